The number of benzene rings is 1. The van der Waals surface area contributed by atoms with Gasteiger partial charge in [-0.05, 0) is 17.8 Å². The summed E-state index contributed by atoms with van der Waals surface area (Å²) in [5.74, 6) is -1.21. The minimum atomic E-state index is -0.845. The molecule has 1 amide bonds. The van der Waals surface area contributed by atoms with Crippen LogP contribution in [0.4, 0.5) is 0 Å². The molecule has 1 aromatic carbocycles. The number of nitrogens with zero attached hydrogens (tertiary/aromatic N) is 1. The topological polar surface area (TPSA) is 74.7 Å². The minimum absolute atomic E-state index is 0.0221. The number of carbonyl (C=O) groups is 3. The number of hydrogen-bond acceptors (Lipinski definition) is 3. The van der Waals surface area contributed by atoms with E-state index in [2.05, 4.69) is 0 Å². The van der Waals surface area contributed by atoms with E-state index in [1.807, 2.05) is 39.0 Å². The van der Waals surface area contributed by atoms with Crippen LogP contribution in [0.15, 0.2) is 30.3 Å². The van der Waals surface area contributed by atoms with Crippen molar-refractivity contribution in [1.29, 1.82) is 0 Å². The fourth-order valence-electron chi connectivity index (χ4n) is 3.48. The summed E-state index contributed by atoms with van der Waals surface area (Å²) in [5, 5.41) is 9.25. The fraction of sp³-hybridized carbons (Fsp3) is 0.550. The van der Waals surface area contributed by atoms with Crippen molar-refractivity contribution in [2.24, 2.45) is 17.3 Å². The average Bonchev–Trinajstić information content (AvgIpc) is 2.54. The van der Waals surface area contributed by atoms with E-state index < -0.39 is 17.3 Å². The summed E-state index contributed by atoms with van der Waals surface area (Å²) in [6, 6.07) is 9.08. The molecule has 1 aliphatic rings. The predicted octanol–water partition coefficient (Wildman–Crippen LogP) is 3.24. The fourth-order valence-corrected chi connectivity index (χ4v) is 3.48. The van der Waals surface area contributed by atoms with E-state index in [1.54, 1.807) is 17.0 Å². The zero-order valence-electron chi connectivity index (χ0n) is 15.2. The first-order chi connectivity index (χ1) is 11.7. The maximum Gasteiger partial charge on any atom is 0.308 e. The molecule has 5 nitrogen and oxygen atoms in total. The van der Waals surface area contributed by atoms with Crippen molar-refractivity contribution in [2.45, 2.75) is 40.0 Å². The van der Waals surface area contributed by atoms with Gasteiger partial charge in [0.2, 0.25) is 5.91 Å². The van der Waals surface area contributed by atoms with Crippen molar-refractivity contribution >= 4 is 17.7 Å². The molecule has 1 aliphatic heterocycles. The summed E-state index contributed by atoms with van der Waals surface area (Å²) in [7, 11) is 0. The van der Waals surface area contributed by atoms with Gasteiger partial charge in [-0.25, -0.2) is 0 Å². The molecule has 0 saturated carbocycles. The van der Waals surface area contributed by atoms with Crippen LogP contribution in [0.3, 0.4) is 0 Å². The Morgan fingerprint density at radius 1 is 1.12 bits per heavy atom. The zero-order valence-corrected chi connectivity index (χ0v) is 15.2. The third kappa shape index (κ3) is 5.41. The summed E-state index contributed by atoms with van der Waals surface area (Å²) in [6.45, 7) is 6.65. The summed E-state index contributed by atoms with van der Waals surface area (Å²) >= 11 is 0. The first kappa shape index (κ1) is 19.2. The number of amides is 1. The van der Waals surface area contributed by atoms with E-state index in [4.69, 9.17) is 0 Å². The van der Waals surface area contributed by atoms with Gasteiger partial charge in [0, 0.05) is 31.5 Å². The largest absolute Gasteiger partial charge is 0.481 e. The van der Waals surface area contributed by atoms with Gasteiger partial charge < -0.3 is 10.0 Å². The number of likely N-dealkylation sites (tertiary alicyclic amines) is 1. The Labute approximate surface area is 149 Å². The third-order valence-corrected chi connectivity index (χ3v) is 4.73. The van der Waals surface area contributed by atoms with Crippen LogP contribution in [0, 0.1) is 17.3 Å². The second-order valence-corrected chi connectivity index (χ2v) is 7.98. The predicted molar refractivity (Wildman–Crippen MR) is 95.3 cm³/mol. The Hall–Kier alpha value is -2.17. The second kappa shape index (κ2) is 7.81. The molecule has 1 fully saturated rings. The van der Waals surface area contributed by atoms with Crippen molar-refractivity contribution in [3.63, 3.8) is 0 Å². The number of hydrogen-bond donors (Lipinski definition) is 1. The third-order valence-electron chi connectivity index (χ3n) is 4.73. The lowest BCUT2D eigenvalue weighted by Gasteiger charge is -2.36. The number of carbonyl (C=O) groups excluding carboxylic acids is 2. The molecule has 136 valence electrons. The van der Waals surface area contributed by atoms with Gasteiger partial charge in [0.25, 0.3) is 0 Å². The van der Waals surface area contributed by atoms with E-state index in [1.165, 1.54) is 0 Å². The van der Waals surface area contributed by atoms with Crippen LogP contribution >= 0.6 is 0 Å². The molecule has 2 unspecified atom stereocenters. The highest BCUT2D eigenvalue weighted by molar-refractivity contribution is 5.96. The molecule has 0 aliphatic carbocycles. The quantitative estimate of drug-likeness (QED) is 0.803. The Morgan fingerprint density at radius 3 is 2.36 bits per heavy atom. The summed E-state index contributed by atoms with van der Waals surface area (Å²) in [5.41, 5.74) is 0.184. The molecule has 1 N–H and O–H groups in total. The monoisotopic (exact) mass is 345 g/mol. The number of carboxylic acids is 1. The number of ketones is 1. The standard InChI is InChI=1S/C20H27NO4/c1-14-9-16(19(24)25)13-21(12-14)18(23)11-20(2,3)10-17(22)15-7-5-4-6-8-15/h4-8,14,16H,9-13H2,1-3H3,(H,24,25). The lowest BCUT2D eigenvalue weighted by atomic mass is 9.81. The van der Waals surface area contributed by atoms with Gasteiger partial charge in [0.1, 0.15) is 0 Å². The molecular formula is C20H27NO4. The Morgan fingerprint density at radius 2 is 1.76 bits per heavy atom. The Balaban J connectivity index is 1.98. The van der Waals surface area contributed by atoms with Crippen molar-refractivity contribution < 1.29 is 19.5 Å². The van der Waals surface area contributed by atoms with E-state index in [-0.39, 0.29) is 37.0 Å². The van der Waals surface area contributed by atoms with E-state index in [9.17, 15) is 19.5 Å². The van der Waals surface area contributed by atoms with Crippen LogP contribution in [0.2, 0.25) is 0 Å². The van der Waals surface area contributed by atoms with Crippen LogP contribution in [-0.4, -0.2) is 40.8 Å². The van der Waals surface area contributed by atoms with Crippen LogP contribution in [-0.2, 0) is 9.59 Å². The highest BCUT2D eigenvalue weighted by atomic mass is 16.4. The SMILES string of the molecule is CC1CC(C(=O)O)CN(C(=O)CC(C)(C)CC(=O)c2ccccc2)C1. The summed E-state index contributed by atoms with van der Waals surface area (Å²) in [6.07, 6.45) is 1.13. The molecular weight excluding hydrogens is 318 g/mol. The lowest BCUT2D eigenvalue weighted by molar-refractivity contribution is -0.147. The van der Waals surface area contributed by atoms with Crippen LogP contribution < -0.4 is 0 Å². The van der Waals surface area contributed by atoms with Gasteiger partial charge in [-0.1, -0.05) is 51.1 Å². The maximum atomic E-state index is 12.7. The molecule has 5 heteroatoms. The van der Waals surface area contributed by atoms with Gasteiger partial charge in [-0.3, -0.25) is 14.4 Å². The number of Topliss-reactive ketones (excluding diaryl/α,β-unsaturated/α-hetero) is 1. The first-order valence-corrected chi connectivity index (χ1v) is 8.77. The van der Waals surface area contributed by atoms with Crippen LogP contribution in [0.5, 0.6) is 0 Å². The van der Waals surface area contributed by atoms with Gasteiger partial charge >= 0.3 is 5.97 Å². The molecule has 1 aromatic rings. The van der Waals surface area contributed by atoms with Crippen molar-refractivity contribution in [2.75, 3.05) is 13.1 Å². The number of piperidine rings is 1. The van der Waals surface area contributed by atoms with Crippen LogP contribution in [0.1, 0.15) is 50.4 Å². The number of rotatable bonds is 6. The molecule has 0 spiro atoms. The maximum absolute atomic E-state index is 12.7. The molecule has 0 aromatic heterocycles. The molecule has 1 saturated heterocycles. The van der Waals surface area contributed by atoms with Crippen molar-refractivity contribution in [1.82, 2.24) is 4.90 Å². The highest BCUT2D eigenvalue weighted by Gasteiger charge is 2.34. The lowest BCUT2D eigenvalue weighted by Crippen LogP contribution is -2.46. The average molecular weight is 345 g/mol. The molecule has 0 bridgehead atoms. The Kier molecular flexibility index (Phi) is 5.98. The van der Waals surface area contributed by atoms with Crippen molar-refractivity contribution in [3.8, 4) is 0 Å². The molecule has 1 heterocycles. The molecule has 0 radical (unpaired) electrons. The minimum Gasteiger partial charge on any atom is -0.481 e. The van der Waals surface area contributed by atoms with E-state index >= 15 is 0 Å². The number of carboxylic acid groups (broad SMARTS) is 1. The van der Waals surface area contributed by atoms with Crippen molar-refractivity contribution in [3.05, 3.63) is 35.9 Å². The second-order valence-electron chi connectivity index (χ2n) is 7.98. The van der Waals surface area contributed by atoms with Crippen LogP contribution in [0.25, 0.3) is 0 Å². The highest BCUT2D eigenvalue weighted by Crippen LogP contribution is 2.30. The Bertz CT molecular complexity index is 638. The molecule has 25 heavy (non-hydrogen) atoms. The van der Waals surface area contributed by atoms with Gasteiger partial charge in [-0.2, -0.15) is 0 Å². The molecule has 2 rings (SSSR count). The summed E-state index contributed by atoms with van der Waals surface area (Å²) in [4.78, 5) is 38.0. The summed E-state index contributed by atoms with van der Waals surface area (Å²) < 4.78 is 0. The smallest absolute Gasteiger partial charge is 0.308 e. The van der Waals surface area contributed by atoms with E-state index in [0.717, 1.165) is 0 Å². The van der Waals surface area contributed by atoms with E-state index in [0.29, 0.717) is 18.5 Å². The van der Waals surface area contributed by atoms with Gasteiger partial charge in [-0.15, -0.1) is 0 Å². The van der Waals surface area contributed by atoms with Gasteiger partial charge in [0.15, 0.2) is 5.78 Å². The zero-order chi connectivity index (χ0) is 18.6. The normalized spacial score (nSPS) is 21.0. The number of aliphatic carboxylic acids is 1. The van der Waals surface area contributed by atoms with Gasteiger partial charge in [0.05, 0.1) is 5.92 Å². The molecule has 2 atom stereocenters. The first-order valence-electron chi connectivity index (χ1n) is 8.77.